The van der Waals surface area contributed by atoms with Gasteiger partial charge < -0.3 is 10.1 Å². The van der Waals surface area contributed by atoms with Crippen LogP contribution in [0.3, 0.4) is 0 Å². The summed E-state index contributed by atoms with van der Waals surface area (Å²) < 4.78 is 5.90. The molecule has 2 rings (SSSR count). The van der Waals surface area contributed by atoms with E-state index in [-0.39, 0.29) is 5.60 Å². The first-order valence-electron chi connectivity index (χ1n) is 5.94. The SMILES string of the molecule is CC1(C)CCC(CNCc2ccccn2)O1. The highest BCUT2D eigenvalue weighted by atomic mass is 16.5. The molecule has 16 heavy (non-hydrogen) atoms. The van der Waals surface area contributed by atoms with E-state index in [1.807, 2.05) is 24.4 Å². The van der Waals surface area contributed by atoms with Gasteiger partial charge in [0.25, 0.3) is 0 Å². The van der Waals surface area contributed by atoms with E-state index in [9.17, 15) is 0 Å². The van der Waals surface area contributed by atoms with Crippen molar-refractivity contribution in [2.75, 3.05) is 6.54 Å². The number of hydrogen-bond acceptors (Lipinski definition) is 3. The van der Waals surface area contributed by atoms with E-state index in [4.69, 9.17) is 4.74 Å². The zero-order chi connectivity index (χ0) is 11.4. The van der Waals surface area contributed by atoms with Crippen molar-refractivity contribution in [3.63, 3.8) is 0 Å². The third-order valence-electron chi connectivity index (χ3n) is 2.96. The summed E-state index contributed by atoms with van der Waals surface area (Å²) in [5, 5.41) is 3.39. The molecular formula is C13H20N2O. The number of pyridine rings is 1. The van der Waals surface area contributed by atoms with E-state index in [1.165, 1.54) is 0 Å². The molecule has 3 nitrogen and oxygen atoms in total. The predicted octanol–water partition coefficient (Wildman–Crippen LogP) is 2.13. The molecule has 3 heteroatoms. The quantitative estimate of drug-likeness (QED) is 0.844. The Kier molecular flexibility index (Phi) is 3.56. The number of rotatable bonds is 4. The molecule has 1 aliphatic heterocycles. The molecule has 1 saturated heterocycles. The van der Waals surface area contributed by atoms with E-state index in [2.05, 4.69) is 24.1 Å². The minimum Gasteiger partial charge on any atom is -0.371 e. The fourth-order valence-electron chi connectivity index (χ4n) is 2.09. The van der Waals surface area contributed by atoms with E-state index >= 15 is 0 Å². The van der Waals surface area contributed by atoms with Gasteiger partial charge in [-0.2, -0.15) is 0 Å². The minimum atomic E-state index is 0.0668. The Morgan fingerprint density at radius 1 is 1.50 bits per heavy atom. The van der Waals surface area contributed by atoms with E-state index < -0.39 is 0 Å². The second-order valence-electron chi connectivity index (χ2n) is 4.99. The largest absolute Gasteiger partial charge is 0.371 e. The van der Waals surface area contributed by atoms with Gasteiger partial charge in [0.1, 0.15) is 0 Å². The van der Waals surface area contributed by atoms with Crippen LogP contribution in [0.15, 0.2) is 24.4 Å². The van der Waals surface area contributed by atoms with Gasteiger partial charge in [-0.05, 0) is 38.8 Å². The molecule has 1 aliphatic rings. The molecule has 2 heterocycles. The van der Waals surface area contributed by atoms with Gasteiger partial charge in [0, 0.05) is 19.3 Å². The van der Waals surface area contributed by atoms with Gasteiger partial charge in [0.2, 0.25) is 0 Å². The number of nitrogens with one attached hydrogen (secondary N) is 1. The number of nitrogens with zero attached hydrogens (tertiary/aromatic N) is 1. The summed E-state index contributed by atoms with van der Waals surface area (Å²) in [5.41, 5.74) is 1.15. The highest BCUT2D eigenvalue weighted by molar-refractivity contribution is 5.02. The van der Waals surface area contributed by atoms with Crippen molar-refractivity contribution in [2.45, 2.75) is 44.9 Å². The topological polar surface area (TPSA) is 34.2 Å². The van der Waals surface area contributed by atoms with Gasteiger partial charge in [-0.3, -0.25) is 4.98 Å². The third-order valence-corrected chi connectivity index (χ3v) is 2.96. The lowest BCUT2D eigenvalue weighted by atomic mass is 10.1. The van der Waals surface area contributed by atoms with Crippen LogP contribution in [0.1, 0.15) is 32.4 Å². The van der Waals surface area contributed by atoms with Gasteiger partial charge in [-0.15, -0.1) is 0 Å². The van der Waals surface area contributed by atoms with Gasteiger partial charge in [-0.1, -0.05) is 6.07 Å². The molecule has 0 bridgehead atoms. The van der Waals surface area contributed by atoms with E-state index in [1.54, 1.807) is 0 Å². The van der Waals surface area contributed by atoms with Crippen molar-refractivity contribution in [3.8, 4) is 0 Å². The van der Waals surface area contributed by atoms with Crippen LogP contribution in [0.5, 0.6) is 0 Å². The van der Waals surface area contributed by atoms with Gasteiger partial charge in [0.05, 0.1) is 17.4 Å². The molecule has 88 valence electrons. The molecule has 0 amide bonds. The Labute approximate surface area is 97.2 Å². The van der Waals surface area contributed by atoms with Crippen LogP contribution >= 0.6 is 0 Å². The molecule has 1 unspecified atom stereocenters. The molecule has 1 N–H and O–H groups in total. The van der Waals surface area contributed by atoms with Crippen LogP contribution in [0, 0.1) is 0 Å². The first-order chi connectivity index (χ1) is 7.66. The minimum absolute atomic E-state index is 0.0668. The fourth-order valence-corrected chi connectivity index (χ4v) is 2.09. The zero-order valence-electron chi connectivity index (χ0n) is 10.1. The maximum absolute atomic E-state index is 5.90. The summed E-state index contributed by atoms with van der Waals surface area (Å²) >= 11 is 0. The van der Waals surface area contributed by atoms with Gasteiger partial charge in [-0.25, -0.2) is 0 Å². The van der Waals surface area contributed by atoms with Crippen molar-refractivity contribution >= 4 is 0 Å². The lowest BCUT2D eigenvalue weighted by Gasteiger charge is -2.19. The summed E-state index contributed by atoms with van der Waals surface area (Å²) in [4.78, 5) is 4.27. The molecule has 1 atom stereocenters. The summed E-state index contributed by atoms with van der Waals surface area (Å²) in [6, 6.07) is 5.98. The Morgan fingerprint density at radius 3 is 3.00 bits per heavy atom. The Bertz CT molecular complexity index is 324. The van der Waals surface area contributed by atoms with Crippen molar-refractivity contribution < 1.29 is 4.74 Å². The normalized spacial score (nSPS) is 23.5. The second-order valence-corrected chi connectivity index (χ2v) is 4.99. The van der Waals surface area contributed by atoms with E-state index in [0.717, 1.165) is 31.6 Å². The van der Waals surface area contributed by atoms with Crippen molar-refractivity contribution in [1.82, 2.24) is 10.3 Å². The van der Waals surface area contributed by atoms with Gasteiger partial charge in [0.15, 0.2) is 0 Å². The molecule has 0 aliphatic carbocycles. The summed E-state index contributed by atoms with van der Waals surface area (Å²) in [6.07, 6.45) is 4.50. The first kappa shape index (κ1) is 11.6. The molecule has 1 aromatic rings. The fraction of sp³-hybridized carbons (Fsp3) is 0.615. The molecule has 0 saturated carbocycles. The molecule has 0 spiro atoms. The molecule has 0 radical (unpaired) electrons. The molecule has 0 aromatic carbocycles. The van der Waals surface area contributed by atoms with Crippen molar-refractivity contribution in [1.29, 1.82) is 0 Å². The Hall–Kier alpha value is -0.930. The van der Waals surface area contributed by atoms with Crippen LogP contribution in [0.2, 0.25) is 0 Å². The summed E-state index contributed by atoms with van der Waals surface area (Å²) in [6.45, 7) is 6.05. The highest BCUT2D eigenvalue weighted by Crippen LogP contribution is 2.28. The summed E-state index contributed by atoms with van der Waals surface area (Å²) in [7, 11) is 0. The van der Waals surface area contributed by atoms with Crippen molar-refractivity contribution in [3.05, 3.63) is 30.1 Å². The average Bonchev–Trinajstić information content (AvgIpc) is 2.60. The maximum atomic E-state index is 5.90. The molecule has 1 fully saturated rings. The average molecular weight is 220 g/mol. The Morgan fingerprint density at radius 2 is 2.38 bits per heavy atom. The first-order valence-corrected chi connectivity index (χ1v) is 5.94. The third kappa shape index (κ3) is 3.29. The zero-order valence-corrected chi connectivity index (χ0v) is 10.1. The molecule has 1 aromatic heterocycles. The lowest BCUT2D eigenvalue weighted by Crippen LogP contribution is -2.29. The van der Waals surface area contributed by atoms with Gasteiger partial charge >= 0.3 is 0 Å². The lowest BCUT2D eigenvalue weighted by molar-refractivity contribution is -0.0143. The number of hydrogen-bond donors (Lipinski definition) is 1. The summed E-state index contributed by atoms with van der Waals surface area (Å²) in [5.74, 6) is 0. The number of aromatic nitrogens is 1. The predicted molar refractivity (Wildman–Crippen MR) is 64.1 cm³/mol. The maximum Gasteiger partial charge on any atom is 0.0707 e. The van der Waals surface area contributed by atoms with Crippen LogP contribution in [-0.4, -0.2) is 23.2 Å². The molecular weight excluding hydrogens is 200 g/mol. The van der Waals surface area contributed by atoms with Crippen molar-refractivity contribution in [2.24, 2.45) is 0 Å². The van der Waals surface area contributed by atoms with Crippen LogP contribution in [0.4, 0.5) is 0 Å². The number of ether oxygens (including phenoxy) is 1. The second kappa shape index (κ2) is 4.93. The van der Waals surface area contributed by atoms with Crippen LogP contribution in [0.25, 0.3) is 0 Å². The van der Waals surface area contributed by atoms with Crippen LogP contribution < -0.4 is 5.32 Å². The standard InChI is InChI=1S/C13H20N2O/c1-13(2)7-6-12(16-13)10-14-9-11-5-3-4-8-15-11/h3-5,8,12,14H,6-7,9-10H2,1-2H3. The monoisotopic (exact) mass is 220 g/mol. The smallest absolute Gasteiger partial charge is 0.0707 e. The van der Waals surface area contributed by atoms with Crippen LogP contribution in [-0.2, 0) is 11.3 Å². The highest BCUT2D eigenvalue weighted by Gasteiger charge is 2.30. The Balaban J connectivity index is 1.70. The van der Waals surface area contributed by atoms with E-state index in [0.29, 0.717) is 6.10 Å².